The summed E-state index contributed by atoms with van der Waals surface area (Å²) in [4.78, 5) is 14.2. The molecule has 0 spiro atoms. The highest BCUT2D eigenvalue weighted by Gasteiger charge is 2.04. The number of carbonyl (C=O) groups is 1. The van der Waals surface area contributed by atoms with Crippen LogP contribution in [0.25, 0.3) is 0 Å². The molecule has 0 unspecified atom stereocenters. The van der Waals surface area contributed by atoms with E-state index >= 15 is 0 Å². The number of nitrogens with zero attached hydrogens (tertiary/aromatic N) is 1. The maximum absolute atomic E-state index is 11.8. The third-order valence-corrected chi connectivity index (χ3v) is 3.23. The van der Waals surface area contributed by atoms with Crippen molar-refractivity contribution < 1.29 is 9.53 Å². The van der Waals surface area contributed by atoms with Crippen molar-refractivity contribution in [1.82, 2.24) is 10.2 Å². The standard InChI is InChI=1S/C16H27N3O2/c1-4-10-19(5-2)11-9-17-13-16(20)18-14-7-6-8-15(12-14)21-3/h6-8,12,17H,4-5,9-11,13H2,1-3H3,(H,18,20). The van der Waals surface area contributed by atoms with E-state index in [4.69, 9.17) is 4.74 Å². The monoisotopic (exact) mass is 293 g/mol. The van der Waals surface area contributed by atoms with Crippen molar-refractivity contribution in [1.29, 1.82) is 0 Å². The molecule has 0 heterocycles. The number of methoxy groups -OCH3 is 1. The van der Waals surface area contributed by atoms with Gasteiger partial charge in [0.2, 0.25) is 5.91 Å². The van der Waals surface area contributed by atoms with Gasteiger partial charge in [-0.2, -0.15) is 0 Å². The maximum atomic E-state index is 11.8. The lowest BCUT2D eigenvalue weighted by Gasteiger charge is -2.19. The molecule has 0 saturated heterocycles. The van der Waals surface area contributed by atoms with Gasteiger partial charge in [0.15, 0.2) is 0 Å². The van der Waals surface area contributed by atoms with Gasteiger partial charge in [-0.25, -0.2) is 0 Å². The molecule has 118 valence electrons. The van der Waals surface area contributed by atoms with Gasteiger partial charge in [-0.15, -0.1) is 0 Å². The van der Waals surface area contributed by atoms with E-state index < -0.39 is 0 Å². The third-order valence-electron chi connectivity index (χ3n) is 3.23. The first-order valence-electron chi connectivity index (χ1n) is 7.56. The molecule has 0 aliphatic carbocycles. The maximum Gasteiger partial charge on any atom is 0.238 e. The molecule has 0 bridgehead atoms. The van der Waals surface area contributed by atoms with Crippen LogP contribution in [-0.4, -0.2) is 50.6 Å². The van der Waals surface area contributed by atoms with Crippen LogP contribution in [0, 0.1) is 0 Å². The predicted molar refractivity (Wildman–Crippen MR) is 86.9 cm³/mol. The van der Waals surface area contributed by atoms with Crippen LogP contribution in [-0.2, 0) is 4.79 Å². The minimum atomic E-state index is -0.0400. The van der Waals surface area contributed by atoms with E-state index in [2.05, 4.69) is 29.4 Å². The van der Waals surface area contributed by atoms with Crippen molar-refractivity contribution in [2.75, 3.05) is 45.2 Å². The van der Waals surface area contributed by atoms with Gasteiger partial charge in [-0.1, -0.05) is 19.9 Å². The molecular weight excluding hydrogens is 266 g/mol. The molecule has 1 rings (SSSR count). The second-order valence-corrected chi connectivity index (χ2v) is 4.89. The molecule has 1 aromatic rings. The summed E-state index contributed by atoms with van der Waals surface area (Å²) in [5, 5.41) is 6.02. The molecule has 21 heavy (non-hydrogen) atoms. The Hall–Kier alpha value is -1.59. The van der Waals surface area contributed by atoms with Gasteiger partial charge in [0, 0.05) is 24.8 Å². The largest absolute Gasteiger partial charge is 0.497 e. The summed E-state index contributed by atoms with van der Waals surface area (Å²) >= 11 is 0. The molecule has 0 aromatic heterocycles. The number of hydrogen-bond donors (Lipinski definition) is 2. The van der Waals surface area contributed by atoms with Crippen molar-refractivity contribution in [3.63, 3.8) is 0 Å². The number of amides is 1. The van der Waals surface area contributed by atoms with Crippen molar-refractivity contribution in [2.45, 2.75) is 20.3 Å². The molecule has 0 saturated carbocycles. The van der Waals surface area contributed by atoms with Gasteiger partial charge in [0.25, 0.3) is 0 Å². The van der Waals surface area contributed by atoms with Gasteiger partial charge < -0.3 is 20.3 Å². The first-order valence-corrected chi connectivity index (χ1v) is 7.56. The molecule has 0 aliphatic rings. The van der Waals surface area contributed by atoms with Crippen molar-refractivity contribution in [3.8, 4) is 5.75 Å². The number of nitrogens with one attached hydrogen (secondary N) is 2. The van der Waals surface area contributed by atoms with E-state index in [-0.39, 0.29) is 5.91 Å². The van der Waals surface area contributed by atoms with Gasteiger partial charge in [-0.3, -0.25) is 4.79 Å². The normalized spacial score (nSPS) is 10.7. The van der Waals surface area contributed by atoms with E-state index in [1.54, 1.807) is 13.2 Å². The summed E-state index contributed by atoms with van der Waals surface area (Å²) in [7, 11) is 1.61. The number of benzene rings is 1. The molecule has 0 atom stereocenters. The zero-order valence-corrected chi connectivity index (χ0v) is 13.3. The number of likely N-dealkylation sites (N-methyl/N-ethyl adjacent to an activating group) is 1. The zero-order chi connectivity index (χ0) is 15.5. The minimum Gasteiger partial charge on any atom is -0.497 e. The zero-order valence-electron chi connectivity index (χ0n) is 13.3. The third kappa shape index (κ3) is 7.11. The topological polar surface area (TPSA) is 53.6 Å². The molecule has 5 heteroatoms. The molecule has 1 amide bonds. The summed E-state index contributed by atoms with van der Waals surface area (Å²) in [6.45, 7) is 8.60. The van der Waals surface area contributed by atoms with Crippen molar-refractivity contribution in [3.05, 3.63) is 24.3 Å². The van der Waals surface area contributed by atoms with E-state index in [0.29, 0.717) is 6.54 Å². The van der Waals surface area contributed by atoms with E-state index in [1.165, 1.54) is 0 Å². The first kappa shape index (κ1) is 17.5. The average Bonchev–Trinajstić information content (AvgIpc) is 2.50. The van der Waals surface area contributed by atoms with Gasteiger partial charge >= 0.3 is 0 Å². The Morgan fingerprint density at radius 2 is 2.10 bits per heavy atom. The van der Waals surface area contributed by atoms with Crippen LogP contribution in [0.2, 0.25) is 0 Å². The fraction of sp³-hybridized carbons (Fsp3) is 0.562. The molecular formula is C16H27N3O2. The fourth-order valence-corrected chi connectivity index (χ4v) is 2.09. The van der Waals surface area contributed by atoms with Gasteiger partial charge in [0.1, 0.15) is 5.75 Å². The minimum absolute atomic E-state index is 0.0400. The number of hydrogen-bond acceptors (Lipinski definition) is 4. The summed E-state index contributed by atoms with van der Waals surface area (Å²) in [5.41, 5.74) is 0.752. The Labute approximate surface area is 127 Å². The SMILES string of the molecule is CCCN(CC)CCNCC(=O)Nc1cccc(OC)c1. The Balaban J connectivity index is 2.24. The Kier molecular flexibility index (Phi) is 8.47. The molecule has 0 radical (unpaired) electrons. The lowest BCUT2D eigenvalue weighted by molar-refractivity contribution is -0.115. The van der Waals surface area contributed by atoms with Gasteiger partial charge in [0.05, 0.1) is 13.7 Å². The highest BCUT2D eigenvalue weighted by atomic mass is 16.5. The van der Waals surface area contributed by atoms with Crippen LogP contribution in [0.4, 0.5) is 5.69 Å². The molecule has 2 N–H and O–H groups in total. The molecule has 5 nitrogen and oxygen atoms in total. The van der Waals surface area contributed by atoms with Gasteiger partial charge in [-0.05, 0) is 31.6 Å². The highest BCUT2D eigenvalue weighted by molar-refractivity contribution is 5.92. The van der Waals surface area contributed by atoms with Crippen LogP contribution in [0.3, 0.4) is 0 Å². The van der Waals surface area contributed by atoms with Crippen molar-refractivity contribution >= 4 is 11.6 Å². The highest BCUT2D eigenvalue weighted by Crippen LogP contribution is 2.16. The summed E-state index contributed by atoms with van der Waals surface area (Å²) in [5.74, 6) is 0.695. The molecule has 0 aliphatic heterocycles. The molecule has 0 fully saturated rings. The van der Waals surface area contributed by atoms with Crippen molar-refractivity contribution in [2.24, 2.45) is 0 Å². The number of carbonyl (C=O) groups excluding carboxylic acids is 1. The summed E-state index contributed by atoms with van der Waals surface area (Å²) < 4.78 is 5.12. The van der Waals surface area contributed by atoms with E-state index in [0.717, 1.165) is 44.0 Å². The van der Waals surface area contributed by atoms with Crippen LogP contribution >= 0.6 is 0 Å². The van der Waals surface area contributed by atoms with E-state index in [1.807, 2.05) is 18.2 Å². The van der Waals surface area contributed by atoms with E-state index in [9.17, 15) is 4.79 Å². The Morgan fingerprint density at radius 3 is 2.76 bits per heavy atom. The fourth-order valence-electron chi connectivity index (χ4n) is 2.09. The van der Waals surface area contributed by atoms with Crippen LogP contribution in [0.1, 0.15) is 20.3 Å². The average molecular weight is 293 g/mol. The Morgan fingerprint density at radius 1 is 1.29 bits per heavy atom. The lowest BCUT2D eigenvalue weighted by Crippen LogP contribution is -2.36. The van der Waals surface area contributed by atoms with Crippen LogP contribution in [0.15, 0.2) is 24.3 Å². The number of rotatable bonds is 10. The second kappa shape index (κ2) is 10.2. The number of anilines is 1. The Bertz CT molecular complexity index is 424. The second-order valence-electron chi connectivity index (χ2n) is 4.89. The van der Waals surface area contributed by atoms with Crippen LogP contribution in [0.5, 0.6) is 5.75 Å². The summed E-state index contributed by atoms with van der Waals surface area (Å²) in [6, 6.07) is 7.35. The first-order chi connectivity index (χ1) is 10.2. The molecule has 1 aromatic carbocycles. The van der Waals surface area contributed by atoms with Crippen LogP contribution < -0.4 is 15.4 Å². The smallest absolute Gasteiger partial charge is 0.238 e. The quantitative estimate of drug-likeness (QED) is 0.648. The predicted octanol–water partition coefficient (Wildman–Crippen LogP) is 1.96. The number of ether oxygens (including phenoxy) is 1. The lowest BCUT2D eigenvalue weighted by atomic mass is 10.3. The summed E-state index contributed by atoms with van der Waals surface area (Å²) in [6.07, 6.45) is 1.16.